The number of β-amino-alcohol motifs (C(OH)–C–C–N with tert-alkyl or cyclic N) is 1. The summed E-state index contributed by atoms with van der Waals surface area (Å²) in [5, 5.41) is 18.4. The van der Waals surface area contributed by atoms with Crippen molar-refractivity contribution >= 4 is 11.8 Å². The van der Waals surface area contributed by atoms with Crippen LogP contribution >= 0.6 is 0 Å². The average molecular weight is 238 g/mol. The molecule has 0 spiro atoms. The summed E-state index contributed by atoms with van der Waals surface area (Å²) in [6.07, 6.45) is 0.543. The first kappa shape index (κ1) is 11.8. The third kappa shape index (κ3) is 2.37. The summed E-state index contributed by atoms with van der Waals surface area (Å²) in [6, 6.07) is 3.13. The number of anilines is 1. The third-order valence-electron chi connectivity index (χ3n) is 2.86. The Labute approximate surface area is 98.5 Å². The van der Waals surface area contributed by atoms with E-state index in [1.807, 2.05) is 4.90 Å². The predicted molar refractivity (Wildman–Crippen MR) is 60.2 cm³/mol. The number of methoxy groups -OCH3 is 1. The molecular formula is C11H14N2O4. The zero-order valence-electron chi connectivity index (χ0n) is 9.41. The molecular weight excluding hydrogens is 224 g/mol. The van der Waals surface area contributed by atoms with Crippen molar-refractivity contribution in [3.63, 3.8) is 0 Å². The molecule has 2 atom stereocenters. The summed E-state index contributed by atoms with van der Waals surface area (Å²) in [5.41, 5.74) is 0.150. The van der Waals surface area contributed by atoms with Crippen LogP contribution in [0.25, 0.3) is 0 Å². The molecule has 0 saturated carbocycles. The molecule has 17 heavy (non-hydrogen) atoms. The summed E-state index contributed by atoms with van der Waals surface area (Å²) in [4.78, 5) is 16.6. The number of ether oxygens (including phenoxy) is 1. The monoisotopic (exact) mass is 238 g/mol. The highest BCUT2D eigenvalue weighted by molar-refractivity contribution is 5.87. The Bertz CT molecular complexity index is 406. The highest BCUT2D eigenvalue weighted by Gasteiger charge is 2.31. The molecule has 1 aliphatic heterocycles. The molecule has 1 aromatic rings. The first-order valence-corrected chi connectivity index (χ1v) is 5.27. The van der Waals surface area contributed by atoms with Gasteiger partial charge in [-0.1, -0.05) is 0 Å². The summed E-state index contributed by atoms with van der Waals surface area (Å²) in [6.45, 7) is 0.995. The van der Waals surface area contributed by atoms with E-state index < -0.39 is 12.1 Å². The topological polar surface area (TPSA) is 82.9 Å². The van der Waals surface area contributed by atoms with Crippen LogP contribution in [-0.2, 0) is 4.74 Å². The van der Waals surface area contributed by atoms with Crippen LogP contribution in [0, 0.1) is 0 Å². The minimum absolute atomic E-state index is 0.150. The van der Waals surface area contributed by atoms with Gasteiger partial charge in [-0.3, -0.25) is 0 Å². The van der Waals surface area contributed by atoms with E-state index in [4.69, 9.17) is 9.84 Å². The van der Waals surface area contributed by atoms with Gasteiger partial charge in [0, 0.05) is 26.4 Å². The van der Waals surface area contributed by atoms with Gasteiger partial charge in [0.25, 0.3) is 0 Å². The molecule has 2 N–H and O–H groups in total. The lowest BCUT2D eigenvalue weighted by Gasteiger charge is -2.16. The van der Waals surface area contributed by atoms with Gasteiger partial charge in [-0.15, -0.1) is 0 Å². The van der Waals surface area contributed by atoms with E-state index in [0.717, 1.165) is 0 Å². The Balaban J connectivity index is 2.11. The fourth-order valence-corrected chi connectivity index (χ4v) is 1.88. The van der Waals surface area contributed by atoms with Crippen molar-refractivity contribution in [1.82, 2.24) is 4.98 Å². The zero-order chi connectivity index (χ0) is 12.4. The lowest BCUT2D eigenvalue weighted by molar-refractivity contribution is 0.0217. The molecule has 2 heterocycles. The van der Waals surface area contributed by atoms with Gasteiger partial charge in [-0.2, -0.15) is 0 Å². The van der Waals surface area contributed by atoms with E-state index in [9.17, 15) is 9.90 Å². The maximum atomic E-state index is 10.7. The van der Waals surface area contributed by atoms with Crippen molar-refractivity contribution in [3.8, 4) is 0 Å². The van der Waals surface area contributed by atoms with E-state index in [1.54, 1.807) is 13.2 Å². The Morgan fingerprint density at radius 3 is 2.76 bits per heavy atom. The second kappa shape index (κ2) is 4.68. The van der Waals surface area contributed by atoms with Crippen LogP contribution in [-0.4, -0.2) is 53.6 Å². The SMILES string of the molecule is CO[C@@H]1CN(c2ccc(C(=O)O)cn2)C[C@H]1O. The minimum atomic E-state index is -1.000. The molecule has 6 nitrogen and oxygen atoms in total. The maximum absolute atomic E-state index is 10.7. The van der Waals surface area contributed by atoms with Crippen LogP contribution in [0.15, 0.2) is 18.3 Å². The molecule has 1 aromatic heterocycles. The highest BCUT2D eigenvalue weighted by Crippen LogP contribution is 2.20. The van der Waals surface area contributed by atoms with Gasteiger partial charge in [0.15, 0.2) is 0 Å². The van der Waals surface area contributed by atoms with Gasteiger partial charge < -0.3 is 19.8 Å². The van der Waals surface area contributed by atoms with Crippen LogP contribution in [0.3, 0.4) is 0 Å². The summed E-state index contributed by atoms with van der Waals surface area (Å²) >= 11 is 0. The van der Waals surface area contributed by atoms with Crippen molar-refractivity contribution in [1.29, 1.82) is 0 Å². The van der Waals surface area contributed by atoms with Crippen LogP contribution in [0.4, 0.5) is 5.82 Å². The number of nitrogens with zero attached hydrogens (tertiary/aromatic N) is 2. The molecule has 0 aromatic carbocycles. The first-order valence-electron chi connectivity index (χ1n) is 5.27. The number of carboxylic acids is 1. The van der Waals surface area contributed by atoms with E-state index in [0.29, 0.717) is 18.9 Å². The van der Waals surface area contributed by atoms with Gasteiger partial charge in [0.05, 0.1) is 11.7 Å². The molecule has 1 saturated heterocycles. The number of hydrogen-bond donors (Lipinski definition) is 2. The number of aromatic carboxylic acids is 1. The minimum Gasteiger partial charge on any atom is -0.478 e. The third-order valence-corrected chi connectivity index (χ3v) is 2.86. The van der Waals surface area contributed by atoms with Gasteiger partial charge in [-0.05, 0) is 12.1 Å². The molecule has 1 aliphatic rings. The number of pyridine rings is 1. The fraction of sp³-hybridized carbons (Fsp3) is 0.455. The summed E-state index contributed by atoms with van der Waals surface area (Å²) in [5.74, 6) is -0.353. The van der Waals surface area contributed by atoms with Crippen molar-refractivity contribution in [2.75, 3.05) is 25.1 Å². The van der Waals surface area contributed by atoms with Gasteiger partial charge in [-0.25, -0.2) is 9.78 Å². The van der Waals surface area contributed by atoms with Crippen molar-refractivity contribution in [3.05, 3.63) is 23.9 Å². The van der Waals surface area contributed by atoms with Crippen LogP contribution in [0.2, 0.25) is 0 Å². The fourth-order valence-electron chi connectivity index (χ4n) is 1.88. The summed E-state index contributed by atoms with van der Waals surface area (Å²) < 4.78 is 5.12. The number of aliphatic hydroxyl groups excluding tert-OH is 1. The van der Waals surface area contributed by atoms with Gasteiger partial charge in [0.2, 0.25) is 0 Å². The van der Waals surface area contributed by atoms with Gasteiger partial charge >= 0.3 is 5.97 Å². The zero-order valence-corrected chi connectivity index (χ0v) is 9.41. The van der Waals surface area contributed by atoms with Crippen molar-refractivity contribution < 1.29 is 19.7 Å². The van der Waals surface area contributed by atoms with Crippen molar-refractivity contribution in [2.24, 2.45) is 0 Å². The number of rotatable bonds is 3. The Kier molecular flexibility index (Phi) is 3.26. The van der Waals surface area contributed by atoms with Gasteiger partial charge in [0.1, 0.15) is 11.9 Å². The lowest BCUT2D eigenvalue weighted by Crippen LogP contribution is -2.25. The highest BCUT2D eigenvalue weighted by atomic mass is 16.5. The van der Waals surface area contributed by atoms with Crippen LogP contribution in [0.1, 0.15) is 10.4 Å². The van der Waals surface area contributed by atoms with Crippen LogP contribution in [0.5, 0.6) is 0 Å². The smallest absolute Gasteiger partial charge is 0.337 e. The van der Waals surface area contributed by atoms with Crippen LogP contribution < -0.4 is 4.90 Å². The number of aromatic nitrogens is 1. The molecule has 6 heteroatoms. The molecule has 1 fully saturated rings. The number of carbonyl (C=O) groups is 1. The second-order valence-corrected chi connectivity index (χ2v) is 3.96. The standard InChI is InChI=1S/C11H14N2O4/c1-17-9-6-13(5-8(9)14)10-3-2-7(4-12-10)11(15)16/h2-4,8-9,14H,5-6H2,1H3,(H,15,16)/t8-,9-/m1/s1. The second-order valence-electron chi connectivity index (χ2n) is 3.96. The number of aliphatic hydroxyl groups is 1. The first-order chi connectivity index (χ1) is 8.11. The predicted octanol–water partition coefficient (Wildman–Crippen LogP) is -0.0243. The molecule has 92 valence electrons. The van der Waals surface area contributed by atoms with Crippen molar-refractivity contribution in [2.45, 2.75) is 12.2 Å². The molecule has 0 unspecified atom stereocenters. The number of hydrogen-bond acceptors (Lipinski definition) is 5. The molecule has 0 amide bonds. The molecule has 0 aliphatic carbocycles. The van der Waals surface area contributed by atoms with E-state index >= 15 is 0 Å². The molecule has 0 bridgehead atoms. The average Bonchev–Trinajstić information content (AvgIpc) is 2.70. The Morgan fingerprint density at radius 1 is 1.53 bits per heavy atom. The molecule has 0 radical (unpaired) electrons. The van der Waals surface area contributed by atoms with E-state index in [2.05, 4.69) is 4.98 Å². The summed E-state index contributed by atoms with van der Waals surface area (Å²) in [7, 11) is 1.55. The largest absolute Gasteiger partial charge is 0.478 e. The Hall–Kier alpha value is -1.66. The maximum Gasteiger partial charge on any atom is 0.337 e. The quantitative estimate of drug-likeness (QED) is 0.769. The number of carboxylic acid groups (broad SMARTS) is 1. The molecule has 2 rings (SSSR count). The lowest BCUT2D eigenvalue weighted by atomic mass is 10.3. The van der Waals surface area contributed by atoms with E-state index in [-0.39, 0.29) is 11.7 Å². The van der Waals surface area contributed by atoms with E-state index in [1.165, 1.54) is 12.3 Å². The Morgan fingerprint density at radius 2 is 2.29 bits per heavy atom. The normalized spacial score (nSPS) is 24.0.